The number of hydrogen-bond donors (Lipinski definition) is 2. The van der Waals surface area contributed by atoms with E-state index in [-0.39, 0.29) is 34.8 Å². The summed E-state index contributed by atoms with van der Waals surface area (Å²) in [6.45, 7) is 1.32. The number of nitrogens with one attached hydrogen (secondary N) is 1. The minimum Gasteiger partial charge on any atom is -0.507 e. The highest BCUT2D eigenvalue weighted by Gasteiger charge is 2.36. The van der Waals surface area contributed by atoms with E-state index in [2.05, 4.69) is 5.32 Å². The van der Waals surface area contributed by atoms with Crippen LogP contribution in [0.1, 0.15) is 45.7 Å². The molecule has 2 aromatic rings. The number of esters is 1. The molecule has 0 saturated heterocycles. The molecule has 0 aromatic heterocycles. The van der Waals surface area contributed by atoms with Gasteiger partial charge in [-0.1, -0.05) is 6.07 Å². The number of carbonyl (C=O) groups excluding carboxylic acids is 3. The van der Waals surface area contributed by atoms with Crippen LogP contribution < -0.4 is 14.8 Å². The third-order valence-corrected chi connectivity index (χ3v) is 4.41. The molecular formula is C20H19NO7. The largest absolute Gasteiger partial charge is 0.507 e. The Morgan fingerprint density at radius 3 is 2.57 bits per heavy atom. The Balaban J connectivity index is 1.79. The average molecular weight is 385 g/mol. The molecule has 3 rings (SSSR count). The van der Waals surface area contributed by atoms with E-state index in [9.17, 15) is 19.5 Å². The van der Waals surface area contributed by atoms with Gasteiger partial charge in [0, 0.05) is 11.3 Å². The molecule has 0 bridgehead atoms. The molecular weight excluding hydrogens is 366 g/mol. The average Bonchev–Trinajstić information content (AvgIpc) is 2.97. The molecule has 2 N–H and O–H groups in total. The van der Waals surface area contributed by atoms with Gasteiger partial charge >= 0.3 is 5.97 Å². The van der Waals surface area contributed by atoms with Gasteiger partial charge in [0.2, 0.25) is 5.91 Å². The van der Waals surface area contributed by atoms with Crippen molar-refractivity contribution in [3.05, 3.63) is 47.0 Å². The quantitative estimate of drug-likeness (QED) is 0.447. The zero-order valence-corrected chi connectivity index (χ0v) is 15.6. The number of methoxy groups -OCH3 is 2. The number of ether oxygens (including phenoxy) is 3. The van der Waals surface area contributed by atoms with Crippen LogP contribution in [0.25, 0.3) is 0 Å². The summed E-state index contributed by atoms with van der Waals surface area (Å²) < 4.78 is 15.8. The van der Waals surface area contributed by atoms with Crippen molar-refractivity contribution in [3.63, 3.8) is 0 Å². The SMILES string of the molecule is COc1ccc2c(c1OC)C(=O)O[C@H]2CC(=O)Nc1ccc(O)c(C(C)=O)c1. The number of phenols is 1. The Hall–Kier alpha value is -3.55. The highest BCUT2D eigenvalue weighted by molar-refractivity contribution is 6.01. The van der Waals surface area contributed by atoms with E-state index >= 15 is 0 Å². The number of anilines is 1. The van der Waals surface area contributed by atoms with Crippen LogP contribution in [-0.4, -0.2) is 37.0 Å². The molecule has 1 aliphatic heterocycles. The highest BCUT2D eigenvalue weighted by atomic mass is 16.6. The van der Waals surface area contributed by atoms with Crippen molar-refractivity contribution >= 4 is 23.3 Å². The zero-order valence-electron chi connectivity index (χ0n) is 15.6. The van der Waals surface area contributed by atoms with Crippen molar-refractivity contribution in [2.75, 3.05) is 19.5 Å². The Labute approximate surface area is 161 Å². The van der Waals surface area contributed by atoms with Crippen LogP contribution in [0.4, 0.5) is 5.69 Å². The molecule has 8 heteroatoms. The standard InChI is InChI=1S/C20H19NO7/c1-10(22)13-8-11(4-6-14(13)23)21-17(24)9-16-12-5-7-15(26-2)19(27-3)18(12)20(25)28-16/h4-8,16,23H,9H2,1-3H3,(H,21,24)/t16-/m0/s1. The van der Waals surface area contributed by atoms with Crippen molar-refractivity contribution in [1.82, 2.24) is 0 Å². The molecule has 0 spiro atoms. The number of aromatic hydroxyl groups is 1. The molecule has 1 amide bonds. The lowest BCUT2D eigenvalue weighted by Crippen LogP contribution is -2.16. The number of hydrogen-bond acceptors (Lipinski definition) is 7. The molecule has 0 aliphatic carbocycles. The maximum absolute atomic E-state index is 12.4. The fraction of sp³-hybridized carbons (Fsp3) is 0.250. The van der Waals surface area contributed by atoms with Crippen molar-refractivity contribution in [2.45, 2.75) is 19.4 Å². The lowest BCUT2D eigenvalue weighted by atomic mass is 10.0. The first-order chi connectivity index (χ1) is 13.3. The predicted octanol–water partition coefficient (Wildman–Crippen LogP) is 2.85. The molecule has 0 saturated carbocycles. The van der Waals surface area contributed by atoms with E-state index in [1.807, 2.05) is 0 Å². The van der Waals surface area contributed by atoms with Crippen molar-refractivity contribution < 1.29 is 33.7 Å². The number of ketones is 1. The van der Waals surface area contributed by atoms with E-state index in [1.165, 1.54) is 39.3 Å². The summed E-state index contributed by atoms with van der Waals surface area (Å²) in [7, 11) is 2.88. The Morgan fingerprint density at radius 2 is 1.93 bits per heavy atom. The number of cyclic esters (lactones) is 1. The summed E-state index contributed by atoms with van der Waals surface area (Å²) in [5.74, 6) is -0.840. The monoisotopic (exact) mass is 385 g/mol. The Bertz CT molecular complexity index is 967. The normalized spacial score (nSPS) is 14.8. The third-order valence-electron chi connectivity index (χ3n) is 4.41. The second kappa shape index (κ2) is 7.59. The fourth-order valence-corrected chi connectivity index (χ4v) is 3.10. The van der Waals surface area contributed by atoms with Crippen LogP contribution in [-0.2, 0) is 9.53 Å². The number of rotatable bonds is 6. The summed E-state index contributed by atoms with van der Waals surface area (Å²) in [6.07, 6.45) is -0.892. The van der Waals surface area contributed by atoms with Crippen LogP contribution in [0, 0.1) is 0 Å². The topological polar surface area (TPSA) is 111 Å². The Kier molecular flexibility index (Phi) is 5.21. The number of carbonyl (C=O) groups is 3. The molecule has 8 nitrogen and oxygen atoms in total. The van der Waals surface area contributed by atoms with Gasteiger partial charge in [-0.25, -0.2) is 4.79 Å². The van der Waals surface area contributed by atoms with Crippen LogP contribution in [0.3, 0.4) is 0 Å². The Morgan fingerprint density at radius 1 is 1.18 bits per heavy atom. The lowest BCUT2D eigenvalue weighted by molar-refractivity contribution is -0.118. The fourth-order valence-electron chi connectivity index (χ4n) is 3.10. The molecule has 1 atom stereocenters. The van der Waals surface area contributed by atoms with Gasteiger partial charge in [-0.15, -0.1) is 0 Å². The second-order valence-corrected chi connectivity index (χ2v) is 6.20. The lowest BCUT2D eigenvalue weighted by Gasteiger charge is -2.13. The van der Waals surface area contributed by atoms with Gasteiger partial charge in [0.15, 0.2) is 17.3 Å². The summed E-state index contributed by atoms with van der Waals surface area (Å²) in [4.78, 5) is 36.2. The number of phenolic OH excluding ortho intramolecular Hbond substituents is 1. The van der Waals surface area contributed by atoms with Crippen LogP contribution >= 0.6 is 0 Å². The number of fused-ring (bicyclic) bond motifs is 1. The molecule has 2 aromatic carbocycles. The minimum atomic E-state index is -0.772. The van der Waals surface area contributed by atoms with E-state index in [0.717, 1.165) is 0 Å². The van der Waals surface area contributed by atoms with E-state index in [1.54, 1.807) is 12.1 Å². The minimum absolute atomic E-state index is 0.104. The molecule has 0 unspecified atom stereocenters. The summed E-state index contributed by atoms with van der Waals surface area (Å²) in [5.41, 5.74) is 1.23. The first kappa shape index (κ1) is 19.2. The van der Waals surface area contributed by atoms with Gasteiger partial charge < -0.3 is 24.6 Å². The molecule has 1 heterocycles. The smallest absolute Gasteiger partial charge is 0.343 e. The van der Waals surface area contributed by atoms with Gasteiger partial charge in [0.1, 0.15) is 17.4 Å². The maximum Gasteiger partial charge on any atom is 0.343 e. The molecule has 28 heavy (non-hydrogen) atoms. The maximum atomic E-state index is 12.4. The third kappa shape index (κ3) is 3.48. The summed E-state index contributed by atoms with van der Waals surface area (Å²) in [5, 5.41) is 12.3. The van der Waals surface area contributed by atoms with Gasteiger partial charge in [-0.2, -0.15) is 0 Å². The van der Waals surface area contributed by atoms with E-state index in [0.29, 0.717) is 17.0 Å². The first-order valence-corrected chi connectivity index (χ1v) is 8.45. The van der Waals surface area contributed by atoms with Crippen molar-refractivity contribution in [2.24, 2.45) is 0 Å². The molecule has 0 fully saturated rings. The first-order valence-electron chi connectivity index (χ1n) is 8.45. The zero-order chi connectivity index (χ0) is 20.4. The molecule has 146 valence electrons. The van der Waals surface area contributed by atoms with Crippen LogP contribution in [0.2, 0.25) is 0 Å². The van der Waals surface area contributed by atoms with Gasteiger partial charge in [0.25, 0.3) is 0 Å². The van der Waals surface area contributed by atoms with Gasteiger partial charge in [-0.05, 0) is 31.2 Å². The van der Waals surface area contributed by atoms with Crippen LogP contribution in [0.5, 0.6) is 17.2 Å². The molecule has 0 radical (unpaired) electrons. The number of benzene rings is 2. The van der Waals surface area contributed by atoms with Crippen molar-refractivity contribution in [1.29, 1.82) is 0 Å². The summed E-state index contributed by atoms with van der Waals surface area (Å²) >= 11 is 0. The molecule has 1 aliphatic rings. The van der Waals surface area contributed by atoms with Gasteiger partial charge in [0.05, 0.1) is 26.2 Å². The highest BCUT2D eigenvalue weighted by Crippen LogP contribution is 2.43. The van der Waals surface area contributed by atoms with Crippen LogP contribution in [0.15, 0.2) is 30.3 Å². The second-order valence-electron chi connectivity index (χ2n) is 6.20. The van der Waals surface area contributed by atoms with Gasteiger partial charge in [-0.3, -0.25) is 9.59 Å². The predicted molar refractivity (Wildman–Crippen MR) is 99.1 cm³/mol. The van der Waals surface area contributed by atoms with Crippen molar-refractivity contribution in [3.8, 4) is 17.2 Å². The summed E-state index contributed by atoms with van der Waals surface area (Å²) in [6, 6.07) is 7.49. The van der Waals surface area contributed by atoms with E-state index < -0.39 is 18.0 Å². The number of amides is 1. The number of Topliss-reactive ketones (excluding diaryl/α,β-unsaturated/α-hetero) is 1. The van der Waals surface area contributed by atoms with E-state index in [4.69, 9.17) is 14.2 Å².